The maximum Gasteiger partial charge on any atom is 0.0583 e. The largest absolute Gasteiger partial charge is 0.393 e. The van der Waals surface area contributed by atoms with Crippen molar-refractivity contribution >= 4 is 11.3 Å². The predicted molar refractivity (Wildman–Crippen MR) is 66.6 cm³/mol. The van der Waals surface area contributed by atoms with Crippen LogP contribution in [0.15, 0.2) is 41.4 Å². The molecular weight excluding hydrogens is 218 g/mol. The van der Waals surface area contributed by atoms with Gasteiger partial charge in [-0.25, -0.2) is 0 Å². The van der Waals surface area contributed by atoms with E-state index < -0.39 is 0 Å². The fourth-order valence-corrected chi connectivity index (χ4v) is 2.36. The minimum Gasteiger partial charge on any atom is -0.393 e. The second-order valence-electron chi connectivity index (χ2n) is 3.88. The van der Waals surface area contributed by atoms with Gasteiger partial charge in [0.05, 0.1) is 6.10 Å². The number of pyridine rings is 1. The highest BCUT2D eigenvalue weighted by atomic mass is 32.1. The maximum atomic E-state index is 9.88. The Bertz CT molecular complexity index is 399. The van der Waals surface area contributed by atoms with Crippen LogP contribution < -0.4 is 0 Å². The fraction of sp³-hybridized carbons (Fsp3) is 0.308. The van der Waals surface area contributed by atoms with E-state index in [-0.39, 0.29) is 6.10 Å². The summed E-state index contributed by atoms with van der Waals surface area (Å²) in [6, 6.07) is 6.02. The molecule has 3 heteroatoms. The van der Waals surface area contributed by atoms with Crippen molar-refractivity contribution in [2.75, 3.05) is 0 Å². The van der Waals surface area contributed by atoms with E-state index in [4.69, 9.17) is 0 Å². The summed E-state index contributed by atoms with van der Waals surface area (Å²) in [5.41, 5.74) is 2.46. The molecule has 84 valence electrons. The van der Waals surface area contributed by atoms with E-state index in [1.54, 1.807) is 23.7 Å². The third-order valence-electron chi connectivity index (χ3n) is 2.57. The van der Waals surface area contributed by atoms with E-state index in [0.29, 0.717) is 6.42 Å². The van der Waals surface area contributed by atoms with Crippen LogP contribution in [0.2, 0.25) is 0 Å². The summed E-state index contributed by atoms with van der Waals surface area (Å²) in [4.78, 5) is 3.96. The molecule has 0 aliphatic carbocycles. The summed E-state index contributed by atoms with van der Waals surface area (Å²) < 4.78 is 0. The van der Waals surface area contributed by atoms with Gasteiger partial charge < -0.3 is 5.11 Å². The molecule has 0 saturated heterocycles. The summed E-state index contributed by atoms with van der Waals surface area (Å²) in [7, 11) is 0. The van der Waals surface area contributed by atoms with Gasteiger partial charge in [0.1, 0.15) is 0 Å². The molecule has 0 aromatic carbocycles. The van der Waals surface area contributed by atoms with E-state index in [1.807, 2.05) is 12.1 Å². The van der Waals surface area contributed by atoms with Crippen molar-refractivity contribution in [3.05, 3.63) is 52.5 Å². The Hall–Kier alpha value is -1.19. The standard InChI is InChI=1S/C13H15NOS/c15-13(2-1-12-5-8-16-10-12)9-11-3-6-14-7-4-11/h3-8,10,13,15H,1-2,9H2. The van der Waals surface area contributed by atoms with Crippen molar-refractivity contribution in [2.45, 2.75) is 25.4 Å². The van der Waals surface area contributed by atoms with Gasteiger partial charge in [-0.15, -0.1) is 0 Å². The third kappa shape index (κ3) is 3.43. The molecule has 0 saturated carbocycles. The minimum atomic E-state index is -0.262. The van der Waals surface area contributed by atoms with Crippen LogP contribution in [0.5, 0.6) is 0 Å². The van der Waals surface area contributed by atoms with Crippen molar-refractivity contribution in [3.63, 3.8) is 0 Å². The highest BCUT2D eigenvalue weighted by molar-refractivity contribution is 7.07. The highest BCUT2D eigenvalue weighted by Crippen LogP contribution is 2.12. The predicted octanol–water partition coefficient (Wildman–Crippen LogP) is 2.68. The molecule has 2 aromatic heterocycles. The lowest BCUT2D eigenvalue weighted by Crippen LogP contribution is -2.11. The van der Waals surface area contributed by atoms with Crippen molar-refractivity contribution in [3.8, 4) is 0 Å². The first-order valence-electron chi connectivity index (χ1n) is 5.42. The van der Waals surface area contributed by atoms with Crippen LogP contribution in [0.25, 0.3) is 0 Å². The minimum absolute atomic E-state index is 0.262. The Morgan fingerprint density at radius 1 is 1.19 bits per heavy atom. The number of rotatable bonds is 5. The van der Waals surface area contributed by atoms with E-state index in [9.17, 15) is 5.11 Å². The van der Waals surface area contributed by atoms with Crippen LogP contribution in [0, 0.1) is 0 Å². The van der Waals surface area contributed by atoms with Gasteiger partial charge in [0.2, 0.25) is 0 Å². The smallest absolute Gasteiger partial charge is 0.0583 e. The Balaban J connectivity index is 1.78. The molecule has 0 aliphatic rings. The number of aromatic nitrogens is 1. The van der Waals surface area contributed by atoms with E-state index >= 15 is 0 Å². The molecule has 0 bridgehead atoms. The maximum absolute atomic E-state index is 9.88. The van der Waals surface area contributed by atoms with Crippen LogP contribution in [-0.2, 0) is 12.8 Å². The number of aliphatic hydroxyl groups is 1. The van der Waals surface area contributed by atoms with Crippen molar-refractivity contribution in [2.24, 2.45) is 0 Å². The zero-order valence-electron chi connectivity index (χ0n) is 9.04. The topological polar surface area (TPSA) is 33.1 Å². The van der Waals surface area contributed by atoms with Gasteiger partial charge in [-0.3, -0.25) is 4.98 Å². The molecule has 0 spiro atoms. The zero-order valence-corrected chi connectivity index (χ0v) is 9.86. The molecule has 2 rings (SSSR count). The quantitative estimate of drug-likeness (QED) is 0.861. The average molecular weight is 233 g/mol. The molecule has 1 unspecified atom stereocenters. The second-order valence-corrected chi connectivity index (χ2v) is 4.66. The molecule has 2 nitrogen and oxygen atoms in total. The summed E-state index contributed by atoms with van der Waals surface area (Å²) in [6.45, 7) is 0. The summed E-state index contributed by atoms with van der Waals surface area (Å²) in [5.74, 6) is 0. The number of hydrogen-bond donors (Lipinski definition) is 1. The monoisotopic (exact) mass is 233 g/mol. The zero-order chi connectivity index (χ0) is 11.2. The summed E-state index contributed by atoms with van der Waals surface area (Å²) in [5, 5.41) is 14.1. The highest BCUT2D eigenvalue weighted by Gasteiger charge is 2.05. The van der Waals surface area contributed by atoms with Crippen LogP contribution >= 0.6 is 11.3 Å². The van der Waals surface area contributed by atoms with Crippen LogP contribution in [-0.4, -0.2) is 16.2 Å². The molecule has 1 N–H and O–H groups in total. The van der Waals surface area contributed by atoms with Gasteiger partial charge in [-0.2, -0.15) is 11.3 Å². The molecule has 16 heavy (non-hydrogen) atoms. The lowest BCUT2D eigenvalue weighted by atomic mass is 10.0. The average Bonchev–Trinajstić information content (AvgIpc) is 2.81. The van der Waals surface area contributed by atoms with Crippen LogP contribution in [0.1, 0.15) is 17.5 Å². The van der Waals surface area contributed by atoms with Crippen LogP contribution in [0.3, 0.4) is 0 Å². The molecule has 0 fully saturated rings. The van der Waals surface area contributed by atoms with E-state index in [1.165, 1.54) is 5.56 Å². The molecular formula is C13H15NOS. The second kappa shape index (κ2) is 5.77. The number of aryl methyl sites for hydroxylation is 1. The summed E-state index contributed by atoms with van der Waals surface area (Å²) in [6.07, 6.45) is 5.76. The number of nitrogens with zero attached hydrogens (tertiary/aromatic N) is 1. The Labute approximate surface area is 99.6 Å². The lowest BCUT2D eigenvalue weighted by molar-refractivity contribution is 0.165. The molecule has 1 atom stereocenters. The molecule has 2 aromatic rings. The Morgan fingerprint density at radius 3 is 2.69 bits per heavy atom. The fourth-order valence-electron chi connectivity index (χ4n) is 1.66. The van der Waals surface area contributed by atoms with Gasteiger partial charge in [-0.05, 0) is 59.3 Å². The molecule has 0 amide bonds. The third-order valence-corrected chi connectivity index (χ3v) is 3.30. The first-order chi connectivity index (χ1) is 7.84. The number of hydrogen-bond acceptors (Lipinski definition) is 3. The summed E-state index contributed by atoms with van der Waals surface area (Å²) >= 11 is 1.71. The lowest BCUT2D eigenvalue weighted by Gasteiger charge is -2.09. The van der Waals surface area contributed by atoms with E-state index in [2.05, 4.69) is 21.8 Å². The normalized spacial score (nSPS) is 12.6. The van der Waals surface area contributed by atoms with Crippen molar-refractivity contribution < 1.29 is 5.11 Å². The first-order valence-corrected chi connectivity index (χ1v) is 6.37. The first kappa shape index (κ1) is 11.3. The van der Waals surface area contributed by atoms with Crippen molar-refractivity contribution in [1.29, 1.82) is 0 Å². The molecule has 0 aliphatic heterocycles. The van der Waals surface area contributed by atoms with Gasteiger partial charge in [-0.1, -0.05) is 0 Å². The SMILES string of the molecule is OC(CCc1ccsc1)Cc1ccncc1. The van der Waals surface area contributed by atoms with E-state index in [0.717, 1.165) is 18.4 Å². The van der Waals surface area contributed by atoms with Gasteiger partial charge >= 0.3 is 0 Å². The Kier molecular flexibility index (Phi) is 4.08. The van der Waals surface area contributed by atoms with Gasteiger partial charge in [0.15, 0.2) is 0 Å². The van der Waals surface area contributed by atoms with Crippen molar-refractivity contribution in [1.82, 2.24) is 4.98 Å². The molecule has 2 heterocycles. The van der Waals surface area contributed by atoms with Gasteiger partial charge in [0.25, 0.3) is 0 Å². The van der Waals surface area contributed by atoms with Crippen LogP contribution in [0.4, 0.5) is 0 Å². The molecule has 0 radical (unpaired) electrons. The number of aliphatic hydroxyl groups excluding tert-OH is 1. The number of thiophene rings is 1. The van der Waals surface area contributed by atoms with Gasteiger partial charge in [0, 0.05) is 12.4 Å². The Morgan fingerprint density at radius 2 is 2.00 bits per heavy atom.